The summed E-state index contributed by atoms with van der Waals surface area (Å²) in [5, 5.41) is 5.92. The van der Waals surface area contributed by atoms with Gasteiger partial charge in [0.25, 0.3) is 0 Å². The summed E-state index contributed by atoms with van der Waals surface area (Å²) < 4.78 is 6.78. The summed E-state index contributed by atoms with van der Waals surface area (Å²) >= 11 is 3.58. The van der Waals surface area contributed by atoms with Crippen LogP contribution in [0.25, 0.3) is 0 Å². The zero-order chi connectivity index (χ0) is 17.6. The highest BCUT2D eigenvalue weighted by molar-refractivity contribution is 9.10. The monoisotopic (exact) mass is 396 g/mol. The maximum atomic E-state index is 11.7. The van der Waals surface area contributed by atoms with Crippen molar-refractivity contribution in [2.75, 3.05) is 13.2 Å². The van der Waals surface area contributed by atoms with Gasteiger partial charge < -0.3 is 15.4 Å². The van der Waals surface area contributed by atoms with Gasteiger partial charge in [0.05, 0.1) is 11.1 Å². The van der Waals surface area contributed by atoms with Crippen molar-refractivity contribution in [3.05, 3.63) is 28.2 Å². The summed E-state index contributed by atoms with van der Waals surface area (Å²) in [5.74, 6) is 0.846. The number of benzene rings is 1. The van der Waals surface area contributed by atoms with Crippen molar-refractivity contribution in [2.24, 2.45) is 0 Å². The Bertz CT molecular complexity index is 549. The van der Waals surface area contributed by atoms with Crippen LogP contribution in [0.2, 0.25) is 0 Å². The predicted molar refractivity (Wildman–Crippen MR) is 102 cm³/mol. The number of rotatable bonds is 6. The van der Waals surface area contributed by atoms with Crippen LogP contribution in [-0.4, -0.2) is 25.2 Å². The van der Waals surface area contributed by atoms with Crippen LogP contribution in [-0.2, 0) is 5.41 Å². The SMILES string of the molecule is CC(C)(C)c1ccc(OCCCNC(=O)NC2CCCC2)c(Br)c1. The summed E-state index contributed by atoms with van der Waals surface area (Å²) in [4.78, 5) is 11.7. The van der Waals surface area contributed by atoms with Crippen molar-refractivity contribution in [1.82, 2.24) is 10.6 Å². The molecule has 0 atom stereocenters. The maximum Gasteiger partial charge on any atom is 0.315 e. The molecule has 2 N–H and O–H groups in total. The van der Waals surface area contributed by atoms with Crippen molar-refractivity contribution in [1.29, 1.82) is 0 Å². The fourth-order valence-electron chi connectivity index (χ4n) is 2.85. The molecule has 0 saturated heterocycles. The fourth-order valence-corrected chi connectivity index (χ4v) is 3.34. The van der Waals surface area contributed by atoms with E-state index >= 15 is 0 Å². The first-order chi connectivity index (χ1) is 11.4. The van der Waals surface area contributed by atoms with Crippen molar-refractivity contribution in [3.8, 4) is 5.75 Å². The molecule has 2 rings (SSSR count). The Morgan fingerprint density at radius 2 is 2.00 bits per heavy atom. The molecule has 1 aliphatic carbocycles. The molecule has 0 aliphatic heterocycles. The number of hydrogen-bond acceptors (Lipinski definition) is 2. The largest absolute Gasteiger partial charge is 0.492 e. The van der Waals surface area contributed by atoms with Gasteiger partial charge in [-0.25, -0.2) is 4.79 Å². The van der Waals surface area contributed by atoms with Crippen molar-refractivity contribution >= 4 is 22.0 Å². The Balaban J connectivity index is 1.66. The molecule has 24 heavy (non-hydrogen) atoms. The van der Waals surface area contributed by atoms with Gasteiger partial charge in [-0.1, -0.05) is 39.7 Å². The summed E-state index contributed by atoms with van der Waals surface area (Å²) in [7, 11) is 0. The van der Waals surface area contributed by atoms with Crippen molar-refractivity contribution in [3.63, 3.8) is 0 Å². The van der Waals surface area contributed by atoms with Gasteiger partial charge in [-0.2, -0.15) is 0 Å². The Morgan fingerprint density at radius 3 is 2.62 bits per heavy atom. The molecule has 0 aromatic heterocycles. The number of carbonyl (C=O) groups excluding carboxylic acids is 1. The molecule has 0 heterocycles. The van der Waals surface area contributed by atoms with Crippen molar-refractivity contribution in [2.45, 2.75) is 64.3 Å². The van der Waals surface area contributed by atoms with Crippen LogP contribution >= 0.6 is 15.9 Å². The van der Waals surface area contributed by atoms with E-state index in [1.807, 2.05) is 6.07 Å². The third-order valence-corrected chi connectivity index (χ3v) is 4.97. The Kier molecular flexibility index (Phi) is 6.96. The number of urea groups is 1. The predicted octanol–water partition coefficient (Wildman–Crippen LogP) is 4.76. The van der Waals surface area contributed by atoms with Gasteiger partial charge in [-0.3, -0.25) is 0 Å². The van der Waals surface area contributed by atoms with Crippen LogP contribution in [0.1, 0.15) is 58.4 Å². The minimum absolute atomic E-state index is 0.0578. The number of nitrogens with one attached hydrogen (secondary N) is 2. The molecule has 0 radical (unpaired) electrons. The van der Waals surface area contributed by atoms with E-state index in [-0.39, 0.29) is 11.4 Å². The zero-order valence-corrected chi connectivity index (χ0v) is 16.5. The highest BCUT2D eigenvalue weighted by Gasteiger charge is 2.17. The zero-order valence-electron chi connectivity index (χ0n) is 15.0. The van der Waals surface area contributed by atoms with E-state index in [0.29, 0.717) is 19.2 Å². The quantitative estimate of drug-likeness (QED) is 0.681. The highest BCUT2D eigenvalue weighted by Crippen LogP contribution is 2.31. The molecule has 134 valence electrons. The number of amides is 2. The fraction of sp³-hybridized carbons (Fsp3) is 0.632. The second-order valence-electron chi connectivity index (χ2n) is 7.48. The third-order valence-electron chi connectivity index (χ3n) is 4.35. The van der Waals surface area contributed by atoms with E-state index in [2.05, 4.69) is 59.5 Å². The van der Waals surface area contributed by atoms with Crippen LogP contribution in [0.15, 0.2) is 22.7 Å². The summed E-state index contributed by atoms with van der Waals surface area (Å²) in [6, 6.07) is 6.53. The molecule has 1 aromatic rings. The van der Waals surface area contributed by atoms with E-state index < -0.39 is 0 Å². The lowest BCUT2D eigenvalue weighted by Gasteiger charge is -2.20. The van der Waals surface area contributed by atoms with Crippen LogP contribution < -0.4 is 15.4 Å². The lowest BCUT2D eigenvalue weighted by molar-refractivity contribution is 0.235. The molecule has 1 saturated carbocycles. The molecule has 4 nitrogen and oxygen atoms in total. The molecule has 0 unspecified atom stereocenters. The van der Waals surface area contributed by atoms with E-state index in [4.69, 9.17) is 4.74 Å². The van der Waals surface area contributed by atoms with Gasteiger partial charge in [0.2, 0.25) is 0 Å². The van der Waals surface area contributed by atoms with E-state index in [1.54, 1.807) is 0 Å². The summed E-state index contributed by atoms with van der Waals surface area (Å²) in [6.45, 7) is 7.78. The van der Waals surface area contributed by atoms with E-state index in [9.17, 15) is 4.79 Å². The average molecular weight is 397 g/mol. The molecule has 1 fully saturated rings. The lowest BCUT2D eigenvalue weighted by atomic mass is 9.87. The van der Waals surface area contributed by atoms with Crippen LogP contribution in [0, 0.1) is 0 Å². The Labute approximate surface area is 153 Å². The first-order valence-electron chi connectivity index (χ1n) is 8.83. The van der Waals surface area contributed by atoms with Gasteiger partial charge >= 0.3 is 6.03 Å². The van der Waals surface area contributed by atoms with Gasteiger partial charge in [0.15, 0.2) is 0 Å². The second kappa shape index (κ2) is 8.75. The van der Waals surface area contributed by atoms with Crippen LogP contribution in [0.3, 0.4) is 0 Å². The summed E-state index contributed by atoms with van der Waals surface area (Å²) in [5.41, 5.74) is 1.39. The highest BCUT2D eigenvalue weighted by atomic mass is 79.9. The van der Waals surface area contributed by atoms with Crippen molar-refractivity contribution < 1.29 is 9.53 Å². The standard InChI is InChI=1S/C19H29BrN2O2/c1-19(2,3)14-9-10-17(16(20)13-14)24-12-6-11-21-18(23)22-15-7-4-5-8-15/h9-10,13,15H,4-8,11-12H2,1-3H3,(H2,21,22,23). The molecule has 1 aliphatic rings. The third kappa shape index (κ3) is 6.00. The lowest BCUT2D eigenvalue weighted by Crippen LogP contribution is -2.41. The molecule has 0 bridgehead atoms. The topological polar surface area (TPSA) is 50.4 Å². The number of ether oxygens (including phenoxy) is 1. The maximum absolute atomic E-state index is 11.7. The molecule has 1 aromatic carbocycles. The van der Waals surface area contributed by atoms with Crippen LogP contribution in [0.4, 0.5) is 4.79 Å². The van der Waals surface area contributed by atoms with Crippen LogP contribution in [0.5, 0.6) is 5.75 Å². The first-order valence-corrected chi connectivity index (χ1v) is 9.63. The van der Waals surface area contributed by atoms with Gasteiger partial charge in [-0.05, 0) is 58.3 Å². The Hall–Kier alpha value is -1.23. The average Bonchev–Trinajstić information content (AvgIpc) is 3.00. The molecule has 2 amide bonds. The van der Waals surface area contributed by atoms with E-state index in [0.717, 1.165) is 29.5 Å². The second-order valence-corrected chi connectivity index (χ2v) is 8.33. The molecular weight excluding hydrogens is 368 g/mol. The number of halogens is 1. The molecular formula is C19H29BrN2O2. The molecule has 5 heteroatoms. The Morgan fingerprint density at radius 1 is 1.29 bits per heavy atom. The minimum atomic E-state index is -0.0578. The summed E-state index contributed by atoms with van der Waals surface area (Å²) in [6.07, 6.45) is 5.44. The molecule has 0 spiro atoms. The first kappa shape index (κ1) is 19.1. The number of hydrogen-bond donors (Lipinski definition) is 2. The van der Waals surface area contributed by atoms with Gasteiger partial charge in [-0.15, -0.1) is 0 Å². The number of carbonyl (C=O) groups is 1. The van der Waals surface area contributed by atoms with Gasteiger partial charge in [0, 0.05) is 12.6 Å². The van der Waals surface area contributed by atoms with Gasteiger partial charge in [0.1, 0.15) is 5.75 Å². The smallest absolute Gasteiger partial charge is 0.315 e. The normalized spacial score (nSPS) is 15.3. The minimum Gasteiger partial charge on any atom is -0.492 e. The van der Waals surface area contributed by atoms with E-state index in [1.165, 1.54) is 18.4 Å².